The van der Waals surface area contributed by atoms with Crippen molar-refractivity contribution in [2.24, 2.45) is 5.16 Å². The molecular formula is C24H25NO4. The molecule has 5 heteroatoms. The SMILES string of the molecule is C=CCON=C(C)C1=C(O)CC(c2cccc(Oc3ccc(C)cc3)c2)CC1=O. The van der Waals surface area contributed by atoms with Gasteiger partial charge in [0, 0.05) is 12.8 Å². The minimum absolute atomic E-state index is 0.0413. The van der Waals surface area contributed by atoms with Gasteiger partial charge in [0.1, 0.15) is 23.9 Å². The number of ketones is 1. The lowest BCUT2D eigenvalue weighted by Crippen LogP contribution is -2.22. The van der Waals surface area contributed by atoms with Gasteiger partial charge in [-0.05, 0) is 49.6 Å². The van der Waals surface area contributed by atoms with E-state index < -0.39 is 0 Å². The van der Waals surface area contributed by atoms with Gasteiger partial charge in [0.25, 0.3) is 0 Å². The highest BCUT2D eigenvalue weighted by molar-refractivity contribution is 6.22. The molecule has 2 aromatic carbocycles. The Balaban J connectivity index is 1.77. The molecule has 0 bridgehead atoms. The summed E-state index contributed by atoms with van der Waals surface area (Å²) in [5, 5.41) is 14.4. The summed E-state index contributed by atoms with van der Waals surface area (Å²) in [6.07, 6.45) is 2.22. The summed E-state index contributed by atoms with van der Waals surface area (Å²) in [5.74, 6) is 1.23. The van der Waals surface area contributed by atoms with Crippen molar-refractivity contribution < 1.29 is 19.5 Å². The van der Waals surface area contributed by atoms with E-state index in [-0.39, 0.29) is 29.6 Å². The number of aryl methyl sites for hydroxylation is 1. The number of aliphatic hydroxyl groups excluding tert-OH is 1. The Morgan fingerprint density at radius 2 is 1.97 bits per heavy atom. The highest BCUT2D eigenvalue weighted by Crippen LogP contribution is 2.36. The zero-order chi connectivity index (χ0) is 20.8. The zero-order valence-electron chi connectivity index (χ0n) is 16.7. The molecule has 3 rings (SSSR count). The third-order valence-corrected chi connectivity index (χ3v) is 4.78. The summed E-state index contributed by atoms with van der Waals surface area (Å²) in [4.78, 5) is 17.7. The lowest BCUT2D eigenvalue weighted by Gasteiger charge is -2.24. The van der Waals surface area contributed by atoms with Crippen LogP contribution in [0.1, 0.15) is 36.8 Å². The summed E-state index contributed by atoms with van der Waals surface area (Å²) in [6, 6.07) is 15.5. The predicted octanol–water partition coefficient (Wildman–Crippen LogP) is 5.62. The first kappa shape index (κ1) is 20.4. The van der Waals surface area contributed by atoms with Gasteiger partial charge in [-0.3, -0.25) is 4.79 Å². The van der Waals surface area contributed by atoms with E-state index in [4.69, 9.17) is 9.57 Å². The van der Waals surface area contributed by atoms with Gasteiger partial charge < -0.3 is 14.7 Å². The maximum absolute atomic E-state index is 12.7. The molecule has 1 aliphatic rings. The molecule has 0 amide bonds. The lowest BCUT2D eigenvalue weighted by molar-refractivity contribution is -0.116. The number of oxime groups is 1. The summed E-state index contributed by atoms with van der Waals surface area (Å²) in [7, 11) is 0. The predicted molar refractivity (Wildman–Crippen MR) is 114 cm³/mol. The van der Waals surface area contributed by atoms with Crippen molar-refractivity contribution >= 4 is 11.5 Å². The number of ether oxygens (including phenoxy) is 1. The first-order chi connectivity index (χ1) is 14.0. The van der Waals surface area contributed by atoms with Crippen LogP contribution >= 0.6 is 0 Å². The lowest BCUT2D eigenvalue weighted by atomic mass is 9.81. The second-order valence-corrected chi connectivity index (χ2v) is 7.10. The third kappa shape index (κ3) is 5.13. The Morgan fingerprint density at radius 1 is 1.21 bits per heavy atom. The van der Waals surface area contributed by atoms with E-state index in [1.807, 2.05) is 55.5 Å². The van der Waals surface area contributed by atoms with Crippen molar-refractivity contribution in [3.05, 3.63) is 83.6 Å². The summed E-state index contributed by atoms with van der Waals surface area (Å²) < 4.78 is 5.93. The fraction of sp³-hybridized carbons (Fsp3) is 0.250. The standard InChI is InChI=1S/C24H25NO4/c1-4-12-28-25-17(3)24-22(26)14-19(15-23(24)27)18-6-5-7-21(13-18)29-20-10-8-16(2)9-11-20/h4-11,13,19,26H,1,12,14-15H2,2-3H3. The summed E-state index contributed by atoms with van der Waals surface area (Å²) in [5.41, 5.74) is 2.74. The van der Waals surface area contributed by atoms with Gasteiger partial charge in [0.05, 0.1) is 11.3 Å². The van der Waals surface area contributed by atoms with Crippen molar-refractivity contribution in [2.75, 3.05) is 6.61 Å². The average Bonchev–Trinajstić information content (AvgIpc) is 2.69. The molecule has 0 aliphatic heterocycles. The Labute approximate surface area is 171 Å². The maximum atomic E-state index is 12.7. The van der Waals surface area contributed by atoms with Crippen LogP contribution in [0.25, 0.3) is 0 Å². The van der Waals surface area contributed by atoms with E-state index in [0.717, 1.165) is 11.3 Å². The van der Waals surface area contributed by atoms with Crippen LogP contribution in [0.2, 0.25) is 0 Å². The van der Waals surface area contributed by atoms with E-state index in [0.29, 0.717) is 24.3 Å². The van der Waals surface area contributed by atoms with Crippen molar-refractivity contribution in [1.29, 1.82) is 0 Å². The Kier molecular flexibility index (Phi) is 6.50. The number of Topliss-reactive ketones (excluding diaryl/α,β-unsaturated/α-hetero) is 1. The van der Waals surface area contributed by atoms with Crippen LogP contribution in [0.3, 0.4) is 0 Å². The molecule has 1 unspecified atom stereocenters. The van der Waals surface area contributed by atoms with Crippen LogP contribution in [0, 0.1) is 6.92 Å². The molecule has 2 aromatic rings. The van der Waals surface area contributed by atoms with E-state index >= 15 is 0 Å². The van der Waals surface area contributed by atoms with Crippen molar-refractivity contribution in [2.45, 2.75) is 32.6 Å². The number of rotatable bonds is 7. The summed E-state index contributed by atoms with van der Waals surface area (Å²) in [6.45, 7) is 7.47. The number of benzene rings is 2. The fourth-order valence-corrected chi connectivity index (χ4v) is 3.35. The van der Waals surface area contributed by atoms with E-state index in [1.165, 1.54) is 5.56 Å². The minimum Gasteiger partial charge on any atom is -0.511 e. The van der Waals surface area contributed by atoms with Crippen molar-refractivity contribution in [3.8, 4) is 11.5 Å². The van der Waals surface area contributed by atoms with Crippen LogP contribution in [0.4, 0.5) is 0 Å². The first-order valence-electron chi connectivity index (χ1n) is 9.55. The molecule has 5 nitrogen and oxygen atoms in total. The largest absolute Gasteiger partial charge is 0.511 e. The normalized spacial score (nSPS) is 17.2. The number of allylic oxidation sites excluding steroid dienone is 2. The quantitative estimate of drug-likeness (QED) is 0.288. The average molecular weight is 391 g/mol. The fourth-order valence-electron chi connectivity index (χ4n) is 3.35. The number of carbonyl (C=O) groups excluding carboxylic acids is 1. The van der Waals surface area contributed by atoms with Gasteiger partial charge in [0.2, 0.25) is 0 Å². The zero-order valence-corrected chi connectivity index (χ0v) is 16.7. The molecule has 1 aliphatic carbocycles. The summed E-state index contributed by atoms with van der Waals surface area (Å²) >= 11 is 0. The molecule has 1 N–H and O–H groups in total. The molecule has 150 valence electrons. The van der Waals surface area contributed by atoms with Crippen LogP contribution in [-0.2, 0) is 9.63 Å². The molecule has 0 saturated carbocycles. The minimum atomic E-state index is -0.146. The Bertz CT molecular complexity index is 957. The van der Waals surface area contributed by atoms with Crippen LogP contribution < -0.4 is 4.74 Å². The van der Waals surface area contributed by atoms with E-state index in [9.17, 15) is 9.90 Å². The van der Waals surface area contributed by atoms with Gasteiger partial charge in [-0.25, -0.2) is 0 Å². The smallest absolute Gasteiger partial charge is 0.168 e. The highest BCUT2D eigenvalue weighted by atomic mass is 16.6. The molecular weight excluding hydrogens is 366 g/mol. The second kappa shape index (κ2) is 9.24. The van der Waals surface area contributed by atoms with Gasteiger partial charge in [-0.1, -0.05) is 47.6 Å². The Morgan fingerprint density at radius 3 is 2.66 bits per heavy atom. The molecule has 0 fully saturated rings. The monoisotopic (exact) mass is 391 g/mol. The number of carbonyl (C=O) groups is 1. The van der Waals surface area contributed by atoms with Crippen LogP contribution in [0.5, 0.6) is 11.5 Å². The Hall–Kier alpha value is -3.34. The van der Waals surface area contributed by atoms with Gasteiger partial charge in [-0.2, -0.15) is 0 Å². The number of nitrogens with zero attached hydrogens (tertiary/aromatic N) is 1. The number of aliphatic hydroxyl groups is 1. The molecule has 29 heavy (non-hydrogen) atoms. The van der Waals surface area contributed by atoms with Gasteiger partial charge >= 0.3 is 0 Å². The molecule has 1 atom stereocenters. The van der Waals surface area contributed by atoms with Crippen LogP contribution in [-0.4, -0.2) is 23.2 Å². The molecule has 0 spiro atoms. The molecule has 0 heterocycles. The molecule has 0 radical (unpaired) electrons. The van der Waals surface area contributed by atoms with Crippen molar-refractivity contribution in [1.82, 2.24) is 0 Å². The van der Waals surface area contributed by atoms with Gasteiger partial charge in [-0.15, -0.1) is 0 Å². The third-order valence-electron chi connectivity index (χ3n) is 4.78. The van der Waals surface area contributed by atoms with E-state index in [1.54, 1.807) is 13.0 Å². The first-order valence-corrected chi connectivity index (χ1v) is 9.55. The van der Waals surface area contributed by atoms with E-state index in [2.05, 4.69) is 11.7 Å². The van der Waals surface area contributed by atoms with Crippen molar-refractivity contribution in [3.63, 3.8) is 0 Å². The highest BCUT2D eigenvalue weighted by Gasteiger charge is 2.30. The molecule has 0 aromatic heterocycles. The second-order valence-electron chi connectivity index (χ2n) is 7.10. The van der Waals surface area contributed by atoms with Crippen LogP contribution in [0.15, 0.2) is 77.7 Å². The number of hydrogen-bond acceptors (Lipinski definition) is 5. The maximum Gasteiger partial charge on any atom is 0.168 e. The topological polar surface area (TPSA) is 68.1 Å². The molecule has 0 saturated heterocycles. The number of hydrogen-bond donors (Lipinski definition) is 1. The van der Waals surface area contributed by atoms with Gasteiger partial charge in [0.15, 0.2) is 5.78 Å².